The molecule has 106 valence electrons. The molecule has 0 saturated heterocycles. The Morgan fingerprint density at radius 2 is 2.05 bits per heavy atom. The average Bonchev–Trinajstić information content (AvgIpc) is 2.43. The van der Waals surface area contributed by atoms with Crippen LogP contribution in [-0.2, 0) is 6.54 Å². The molecule has 4 heteroatoms. The van der Waals surface area contributed by atoms with Crippen molar-refractivity contribution in [1.82, 2.24) is 5.32 Å². The maximum Gasteiger partial charge on any atom is 0.123 e. The minimum absolute atomic E-state index is 0.0239. The molecular weight excluding hydrogens is 321 g/mol. The van der Waals surface area contributed by atoms with Gasteiger partial charge in [-0.05, 0) is 42.3 Å². The van der Waals surface area contributed by atoms with E-state index in [1.54, 1.807) is 18.2 Å². The van der Waals surface area contributed by atoms with Crippen molar-refractivity contribution in [3.8, 4) is 5.75 Å². The fourth-order valence-electron chi connectivity index (χ4n) is 2.17. The molecule has 0 spiro atoms. The van der Waals surface area contributed by atoms with E-state index in [9.17, 15) is 9.50 Å². The summed E-state index contributed by atoms with van der Waals surface area (Å²) in [7, 11) is 0. The Bertz CT molecular complexity index is 588. The summed E-state index contributed by atoms with van der Waals surface area (Å²) in [4.78, 5) is 0. The molecule has 0 saturated carbocycles. The molecule has 0 aliphatic carbocycles. The molecule has 2 aromatic carbocycles. The fraction of sp³-hybridized carbons (Fsp3) is 0.250. The molecule has 0 heterocycles. The van der Waals surface area contributed by atoms with Gasteiger partial charge in [0.1, 0.15) is 11.6 Å². The van der Waals surface area contributed by atoms with E-state index in [1.165, 1.54) is 12.1 Å². The van der Waals surface area contributed by atoms with E-state index in [0.717, 1.165) is 22.0 Å². The first-order valence-electron chi connectivity index (χ1n) is 6.56. The summed E-state index contributed by atoms with van der Waals surface area (Å²) in [6, 6.07) is 11.9. The summed E-state index contributed by atoms with van der Waals surface area (Å²) in [5.74, 6) is 0.0365. The third kappa shape index (κ3) is 3.81. The van der Waals surface area contributed by atoms with Gasteiger partial charge in [0.25, 0.3) is 0 Å². The smallest absolute Gasteiger partial charge is 0.123 e. The van der Waals surface area contributed by atoms with Crippen molar-refractivity contribution in [2.75, 3.05) is 0 Å². The van der Waals surface area contributed by atoms with Gasteiger partial charge in [-0.2, -0.15) is 0 Å². The zero-order valence-corrected chi connectivity index (χ0v) is 12.8. The molecule has 0 aliphatic heterocycles. The third-order valence-corrected chi connectivity index (χ3v) is 3.71. The molecule has 2 N–H and O–H groups in total. The van der Waals surface area contributed by atoms with Gasteiger partial charge in [-0.25, -0.2) is 4.39 Å². The lowest BCUT2D eigenvalue weighted by Crippen LogP contribution is -2.20. The summed E-state index contributed by atoms with van der Waals surface area (Å²) in [5.41, 5.74) is 1.73. The Kier molecular flexibility index (Phi) is 5.15. The lowest BCUT2D eigenvalue weighted by atomic mass is 10.0. The SMILES string of the molecule is CCC(NCc1cccc(F)c1)c1cc(Br)ccc1O. The predicted octanol–water partition coefficient (Wildman–Crippen LogP) is 4.53. The molecular formula is C16H17BrFNO. The Morgan fingerprint density at radius 3 is 2.75 bits per heavy atom. The molecule has 0 radical (unpaired) electrons. The van der Waals surface area contributed by atoms with Crippen LogP contribution in [0, 0.1) is 5.82 Å². The van der Waals surface area contributed by atoms with Crippen molar-refractivity contribution in [2.45, 2.75) is 25.9 Å². The Labute approximate surface area is 126 Å². The Hall–Kier alpha value is -1.39. The summed E-state index contributed by atoms with van der Waals surface area (Å²) in [5, 5.41) is 13.3. The van der Waals surface area contributed by atoms with E-state index in [4.69, 9.17) is 0 Å². The van der Waals surface area contributed by atoms with E-state index >= 15 is 0 Å². The minimum atomic E-state index is -0.234. The number of aromatic hydroxyl groups is 1. The monoisotopic (exact) mass is 337 g/mol. The first kappa shape index (κ1) is 15.0. The number of nitrogens with one attached hydrogen (secondary N) is 1. The molecule has 0 amide bonds. The summed E-state index contributed by atoms with van der Waals surface area (Å²) in [6.07, 6.45) is 0.833. The zero-order valence-electron chi connectivity index (χ0n) is 11.2. The lowest BCUT2D eigenvalue weighted by molar-refractivity contribution is 0.440. The van der Waals surface area contributed by atoms with Crippen LogP contribution in [0.4, 0.5) is 4.39 Å². The molecule has 2 rings (SSSR count). The van der Waals surface area contributed by atoms with E-state index in [2.05, 4.69) is 21.2 Å². The van der Waals surface area contributed by atoms with E-state index in [0.29, 0.717) is 6.54 Å². The summed E-state index contributed by atoms with van der Waals surface area (Å²) < 4.78 is 14.1. The average molecular weight is 338 g/mol. The Morgan fingerprint density at radius 1 is 1.25 bits per heavy atom. The molecule has 0 aromatic heterocycles. The molecule has 0 bridgehead atoms. The van der Waals surface area contributed by atoms with E-state index in [-0.39, 0.29) is 17.6 Å². The highest BCUT2D eigenvalue weighted by molar-refractivity contribution is 9.10. The summed E-state index contributed by atoms with van der Waals surface area (Å²) >= 11 is 3.41. The van der Waals surface area contributed by atoms with E-state index < -0.39 is 0 Å². The lowest BCUT2D eigenvalue weighted by Gasteiger charge is -2.19. The van der Waals surface area contributed by atoms with Crippen LogP contribution >= 0.6 is 15.9 Å². The van der Waals surface area contributed by atoms with Crippen molar-refractivity contribution >= 4 is 15.9 Å². The normalized spacial score (nSPS) is 12.3. The van der Waals surface area contributed by atoms with Crippen LogP contribution in [0.5, 0.6) is 5.75 Å². The highest BCUT2D eigenvalue weighted by atomic mass is 79.9. The van der Waals surface area contributed by atoms with Crippen LogP contribution in [0.15, 0.2) is 46.9 Å². The number of hydrogen-bond acceptors (Lipinski definition) is 2. The second-order valence-electron chi connectivity index (χ2n) is 4.67. The van der Waals surface area contributed by atoms with Crippen LogP contribution in [0.25, 0.3) is 0 Å². The number of phenolic OH excluding ortho intramolecular Hbond substituents is 1. The van der Waals surface area contributed by atoms with Gasteiger partial charge >= 0.3 is 0 Å². The van der Waals surface area contributed by atoms with Gasteiger partial charge in [-0.15, -0.1) is 0 Å². The molecule has 0 fully saturated rings. The largest absolute Gasteiger partial charge is 0.508 e. The van der Waals surface area contributed by atoms with Crippen LogP contribution in [0.1, 0.15) is 30.5 Å². The molecule has 2 aromatic rings. The first-order valence-corrected chi connectivity index (χ1v) is 7.35. The van der Waals surface area contributed by atoms with Crippen molar-refractivity contribution in [1.29, 1.82) is 0 Å². The maximum atomic E-state index is 13.1. The number of benzene rings is 2. The number of hydrogen-bond donors (Lipinski definition) is 2. The third-order valence-electron chi connectivity index (χ3n) is 3.21. The van der Waals surface area contributed by atoms with Gasteiger partial charge in [-0.1, -0.05) is 35.0 Å². The van der Waals surface area contributed by atoms with Crippen molar-refractivity contribution in [3.63, 3.8) is 0 Å². The van der Waals surface area contributed by atoms with Crippen LogP contribution in [-0.4, -0.2) is 5.11 Å². The second kappa shape index (κ2) is 6.86. The minimum Gasteiger partial charge on any atom is -0.508 e. The van der Waals surface area contributed by atoms with E-state index in [1.807, 2.05) is 19.1 Å². The van der Waals surface area contributed by atoms with Gasteiger partial charge in [0, 0.05) is 22.6 Å². The summed E-state index contributed by atoms with van der Waals surface area (Å²) in [6.45, 7) is 2.60. The standard InChI is InChI=1S/C16H17BrFNO/c1-2-15(14-9-12(17)6-7-16(14)20)19-10-11-4-3-5-13(18)8-11/h3-9,15,19-20H,2,10H2,1H3. The fourth-order valence-corrected chi connectivity index (χ4v) is 2.55. The quantitative estimate of drug-likeness (QED) is 0.839. The number of halogens is 2. The second-order valence-corrected chi connectivity index (χ2v) is 5.59. The molecule has 1 unspecified atom stereocenters. The van der Waals surface area contributed by atoms with Gasteiger partial charge in [-0.3, -0.25) is 0 Å². The predicted molar refractivity (Wildman–Crippen MR) is 82.1 cm³/mol. The van der Waals surface area contributed by atoms with Crippen molar-refractivity contribution in [2.24, 2.45) is 0 Å². The number of rotatable bonds is 5. The Balaban J connectivity index is 2.11. The highest BCUT2D eigenvalue weighted by Crippen LogP contribution is 2.29. The molecule has 0 aliphatic rings. The van der Waals surface area contributed by atoms with Crippen LogP contribution < -0.4 is 5.32 Å². The molecule has 2 nitrogen and oxygen atoms in total. The van der Waals surface area contributed by atoms with Gasteiger partial charge in [0.15, 0.2) is 0 Å². The maximum absolute atomic E-state index is 13.1. The molecule has 20 heavy (non-hydrogen) atoms. The van der Waals surface area contributed by atoms with Crippen LogP contribution in [0.2, 0.25) is 0 Å². The van der Waals surface area contributed by atoms with Crippen molar-refractivity contribution < 1.29 is 9.50 Å². The van der Waals surface area contributed by atoms with Gasteiger partial charge < -0.3 is 10.4 Å². The number of phenols is 1. The van der Waals surface area contributed by atoms with Crippen LogP contribution in [0.3, 0.4) is 0 Å². The first-order chi connectivity index (χ1) is 9.60. The van der Waals surface area contributed by atoms with Gasteiger partial charge in [0.2, 0.25) is 0 Å². The topological polar surface area (TPSA) is 32.3 Å². The van der Waals surface area contributed by atoms with Gasteiger partial charge in [0.05, 0.1) is 0 Å². The van der Waals surface area contributed by atoms with Crippen molar-refractivity contribution in [3.05, 3.63) is 63.9 Å². The molecule has 1 atom stereocenters. The highest BCUT2D eigenvalue weighted by Gasteiger charge is 2.13. The zero-order chi connectivity index (χ0) is 14.5.